The van der Waals surface area contributed by atoms with E-state index in [1.165, 1.54) is 17.5 Å². The van der Waals surface area contributed by atoms with E-state index in [9.17, 15) is 9.59 Å². The Labute approximate surface area is 221 Å². The number of pyridine rings is 1. The lowest BCUT2D eigenvalue weighted by Gasteiger charge is -2.39. The van der Waals surface area contributed by atoms with Crippen LogP contribution >= 0.6 is 11.3 Å². The number of likely N-dealkylation sites (tertiary alicyclic amines) is 1. The molecule has 2 aromatic heterocycles. The van der Waals surface area contributed by atoms with Gasteiger partial charge in [-0.3, -0.25) is 4.79 Å². The highest BCUT2D eigenvalue weighted by Crippen LogP contribution is 2.31. The summed E-state index contributed by atoms with van der Waals surface area (Å²) in [5, 5.41) is 5.87. The summed E-state index contributed by atoms with van der Waals surface area (Å²) in [6, 6.07) is 12.3. The highest BCUT2D eigenvalue weighted by Gasteiger charge is 2.30. The third kappa shape index (κ3) is 5.18. The lowest BCUT2D eigenvalue weighted by Crippen LogP contribution is -2.54. The average Bonchev–Trinajstić information content (AvgIpc) is 3.63. The number of aryl methyl sites for hydroxylation is 2. The van der Waals surface area contributed by atoms with Crippen LogP contribution in [0.1, 0.15) is 51.8 Å². The largest absolute Gasteiger partial charge is 0.353 e. The minimum Gasteiger partial charge on any atom is -0.353 e. The zero-order valence-corrected chi connectivity index (χ0v) is 21.8. The molecule has 37 heavy (non-hydrogen) atoms. The molecule has 3 aliphatic rings. The summed E-state index contributed by atoms with van der Waals surface area (Å²) in [6.07, 6.45) is 6.96. The van der Waals surface area contributed by atoms with Gasteiger partial charge in [0.15, 0.2) is 0 Å². The quantitative estimate of drug-likeness (QED) is 0.556. The molecule has 0 saturated carbocycles. The molecule has 2 aliphatic heterocycles. The molecule has 0 atom stereocenters. The first-order chi connectivity index (χ1) is 18.1. The van der Waals surface area contributed by atoms with Crippen LogP contribution in [0.2, 0.25) is 0 Å². The summed E-state index contributed by atoms with van der Waals surface area (Å²) in [5.74, 6) is 1.11. The fourth-order valence-electron chi connectivity index (χ4n) is 5.61. The molecule has 0 spiro atoms. The van der Waals surface area contributed by atoms with Crippen LogP contribution in [0.4, 0.5) is 16.3 Å². The second-order valence-electron chi connectivity index (χ2n) is 10.1. The zero-order chi connectivity index (χ0) is 25.2. The number of piperazine rings is 1. The summed E-state index contributed by atoms with van der Waals surface area (Å²) in [4.78, 5) is 41.2. The topological polar surface area (TPSA) is 81.7 Å². The van der Waals surface area contributed by atoms with Crippen LogP contribution in [0, 0.1) is 0 Å². The number of carbonyl (C=O) groups excluding carboxylic acids is 2. The molecule has 0 unspecified atom stereocenters. The predicted octanol–water partition coefficient (Wildman–Crippen LogP) is 4.40. The number of hydrogen-bond donors (Lipinski definition) is 1. The van der Waals surface area contributed by atoms with Gasteiger partial charge in [0, 0.05) is 62.5 Å². The van der Waals surface area contributed by atoms with Crippen molar-refractivity contribution >= 4 is 34.8 Å². The van der Waals surface area contributed by atoms with Crippen molar-refractivity contribution < 1.29 is 9.59 Å². The van der Waals surface area contributed by atoms with Gasteiger partial charge < -0.3 is 20.0 Å². The first-order valence-electron chi connectivity index (χ1n) is 13.2. The van der Waals surface area contributed by atoms with E-state index in [4.69, 9.17) is 0 Å². The Morgan fingerprint density at radius 3 is 2.49 bits per heavy atom. The van der Waals surface area contributed by atoms with E-state index in [1.54, 1.807) is 11.3 Å². The van der Waals surface area contributed by atoms with Gasteiger partial charge in [-0.25, -0.2) is 14.8 Å². The van der Waals surface area contributed by atoms with E-state index in [2.05, 4.69) is 32.3 Å². The smallest absolute Gasteiger partial charge is 0.320 e. The van der Waals surface area contributed by atoms with Gasteiger partial charge in [-0.05, 0) is 67.5 Å². The summed E-state index contributed by atoms with van der Waals surface area (Å²) >= 11 is 1.55. The molecule has 192 valence electrons. The van der Waals surface area contributed by atoms with Crippen molar-refractivity contribution in [2.75, 3.05) is 49.5 Å². The van der Waals surface area contributed by atoms with Crippen LogP contribution < -0.4 is 10.2 Å². The minimum absolute atomic E-state index is 0.132. The number of aromatic nitrogens is 2. The highest BCUT2D eigenvalue weighted by molar-refractivity contribution is 7.10. The van der Waals surface area contributed by atoms with E-state index in [0.717, 1.165) is 68.4 Å². The number of carbonyl (C=O) groups is 2. The van der Waals surface area contributed by atoms with Gasteiger partial charge in [-0.15, -0.1) is 11.3 Å². The molecule has 3 aromatic rings. The Balaban J connectivity index is 0.993. The van der Waals surface area contributed by atoms with Gasteiger partial charge in [0.1, 0.15) is 11.5 Å². The Bertz CT molecular complexity index is 1260. The fraction of sp³-hybridized carbons (Fsp3) is 0.429. The van der Waals surface area contributed by atoms with Crippen molar-refractivity contribution in [3.05, 3.63) is 69.8 Å². The molecule has 8 nitrogen and oxygen atoms in total. The maximum absolute atomic E-state index is 13.1. The molecule has 0 radical (unpaired) electrons. The van der Waals surface area contributed by atoms with Crippen LogP contribution in [-0.2, 0) is 12.8 Å². The highest BCUT2D eigenvalue weighted by atomic mass is 32.1. The number of urea groups is 1. The Kier molecular flexibility index (Phi) is 6.78. The summed E-state index contributed by atoms with van der Waals surface area (Å²) < 4.78 is 0. The van der Waals surface area contributed by atoms with Crippen LogP contribution in [-0.4, -0.2) is 71.0 Å². The Morgan fingerprint density at radius 2 is 1.70 bits per heavy atom. The maximum Gasteiger partial charge on any atom is 0.320 e. The molecule has 2 fully saturated rings. The summed E-state index contributed by atoms with van der Waals surface area (Å²) in [6.45, 7) is 4.47. The van der Waals surface area contributed by atoms with E-state index in [1.807, 2.05) is 45.6 Å². The molecule has 1 aromatic carbocycles. The number of hydrogen-bond acceptors (Lipinski definition) is 6. The van der Waals surface area contributed by atoms with E-state index in [-0.39, 0.29) is 17.9 Å². The molecule has 2 saturated heterocycles. The van der Waals surface area contributed by atoms with Crippen LogP contribution in [0.25, 0.3) is 0 Å². The van der Waals surface area contributed by atoms with Gasteiger partial charge in [0.05, 0.1) is 5.01 Å². The summed E-state index contributed by atoms with van der Waals surface area (Å²) in [7, 11) is 0. The van der Waals surface area contributed by atoms with Crippen molar-refractivity contribution in [3.63, 3.8) is 0 Å². The van der Waals surface area contributed by atoms with Crippen molar-refractivity contribution in [2.24, 2.45) is 0 Å². The van der Waals surface area contributed by atoms with Crippen molar-refractivity contribution in [2.45, 2.75) is 38.0 Å². The molecule has 9 heteroatoms. The number of piperidine rings is 1. The number of nitrogens with zero attached hydrogens (tertiary/aromatic N) is 5. The number of fused-ring (bicyclic) bond motifs is 1. The van der Waals surface area contributed by atoms with Gasteiger partial charge >= 0.3 is 6.03 Å². The minimum atomic E-state index is -0.155. The van der Waals surface area contributed by atoms with E-state index >= 15 is 0 Å². The fourth-order valence-corrected chi connectivity index (χ4v) is 6.58. The molecule has 1 N–H and O–H groups in total. The standard InChI is InChI=1S/C28H32N6O2S/c35-26(30-23-8-7-20-4-3-5-22(20)18-23)24-19-37-27(31-24)21-9-12-33(13-10-21)28(36)34-16-14-32(15-17-34)25-6-1-2-11-29-25/h1-2,6-8,11,18-19,21H,3-5,9-10,12-17H2,(H,30,35). The monoisotopic (exact) mass is 516 g/mol. The zero-order valence-electron chi connectivity index (χ0n) is 20.9. The maximum atomic E-state index is 13.1. The van der Waals surface area contributed by atoms with E-state index < -0.39 is 0 Å². The molecular weight excluding hydrogens is 484 g/mol. The molecule has 6 rings (SSSR count). The van der Waals surface area contributed by atoms with Gasteiger partial charge in [-0.2, -0.15) is 0 Å². The third-order valence-electron chi connectivity index (χ3n) is 7.75. The first kappa shape index (κ1) is 23.9. The SMILES string of the molecule is O=C(Nc1ccc2c(c1)CCC2)c1csc(C2CCN(C(=O)N3CCN(c4ccccn4)CC3)CC2)n1. The van der Waals surface area contributed by atoms with E-state index in [0.29, 0.717) is 18.8 Å². The lowest BCUT2D eigenvalue weighted by molar-refractivity contribution is 0.102. The number of thiazole rings is 1. The normalized spacial score (nSPS) is 18.1. The van der Waals surface area contributed by atoms with Gasteiger partial charge in [0.2, 0.25) is 0 Å². The van der Waals surface area contributed by atoms with Gasteiger partial charge in [0.25, 0.3) is 5.91 Å². The van der Waals surface area contributed by atoms with Crippen molar-refractivity contribution in [1.82, 2.24) is 19.8 Å². The van der Waals surface area contributed by atoms with Crippen molar-refractivity contribution in [3.8, 4) is 0 Å². The average molecular weight is 517 g/mol. The number of anilines is 2. The van der Waals surface area contributed by atoms with Crippen LogP contribution in [0.3, 0.4) is 0 Å². The Morgan fingerprint density at radius 1 is 0.919 bits per heavy atom. The number of nitrogens with one attached hydrogen (secondary N) is 1. The molecule has 3 amide bonds. The second-order valence-corrected chi connectivity index (χ2v) is 11.0. The van der Waals surface area contributed by atoms with Gasteiger partial charge in [-0.1, -0.05) is 12.1 Å². The molecular formula is C28H32N6O2S. The molecule has 1 aliphatic carbocycles. The van der Waals surface area contributed by atoms with Crippen molar-refractivity contribution in [1.29, 1.82) is 0 Å². The van der Waals surface area contributed by atoms with Crippen LogP contribution in [0.15, 0.2) is 48.0 Å². The number of rotatable bonds is 4. The predicted molar refractivity (Wildman–Crippen MR) is 146 cm³/mol. The summed E-state index contributed by atoms with van der Waals surface area (Å²) in [5.41, 5.74) is 4.05. The number of amides is 3. The third-order valence-corrected chi connectivity index (χ3v) is 8.76. The molecule has 4 heterocycles. The Hall–Kier alpha value is -3.46. The second kappa shape index (κ2) is 10.5. The lowest BCUT2D eigenvalue weighted by atomic mass is 9.98. The molecule has 0 bridgehead atoms. The number of benzene rings is 1. The van der Waals surface area contributed by atoms with Crippen LogP contribution in [0.5, 0.6) is 0 Å². The first-order valence-corrected chi connectivity index (χ1v) is 14.1.